The van der Waals surface area contributed by atoms with E-state index in [2.05, 4.69) is 0 Å². The van der Waals surface area contributed by atoms with Crippen molar-refractivity contribution < 1.29 is 101 Å². The second-order valence-corrected chi connectivity index (χ2v) is 30.7. The van der Waals surface area contributed by atoms with Gasteiger partial charge in [-0.3, -0.25) is 0 Å². The van der Waals surface area contributed by atoms with Gasteiger partial charge in [-0.1, -0.05) is 334 Å². The van der Waals surface area contributed by atoms with Gasteiger partial charge in [0.15, 0.2) is 25.2 Å². The fourth-order valence-corrected chi connectivity index (χ4v) is 15.6. The van der Waals surface area contributed by atoms with Crippen molar-refractivity contribution in [2.45, 2.75) is 195 Å². The van der Waals surface area contributed by atoms with Gasteiger partial charge in [-0.15, -0.1) is 0 Å². The summed E-state index contributed by atoms with van der Waals surface area (Å²) < 4.78 is 128. The van der Waals surface area contributed by atoms with E-state index in [9.17, 15) is 15.3 Å². The molecule has 0 radical (unpaired) electrons. The van der Waals surface area contributed by atoms with Gasteiger partial charge in [-0.05, 0) is 61.2 Å². The zero-order valence-electron chi connectivity index (χ0n) is 68.1. The van der Waals surface area contributed by atoms with E-state index in [0.29, 0.717) is 0 Å². The second kappa shape index (κ2) is 46.3. The maximum atomic E-state index is 13.9. The van der Waals surface area contributed by atoms with Crippen LogP contribution >= 0.6 is 0 Å². The summed E-state index contributed by atoms with van der Waals surface area (Å²) in [5.74, 6) is 0. The molecule has 3 N–H and O–H groups in total. The lowest BCUT2D eigenvalue weighted by Gasteiger charge is -2.50. The molecule has 0 spiro atoms. The van der Waals surface area contributed by atoms with Crippen LogP contribution in [0.1, 0.15) is 61.2 Å². The highest BCUT2D eigenvalue weighted by atomic mass is 16.8. The van der Waals surface area contributed by atoms with Gasteiger partial charge in [0.1, 0.15) is 97.7 Å². The summed E-state index contributed by atoms with van der Waals surface area (Å²) in [5, 5.41) is 38.1. The molecule has 0 amide bonds. The van der Waals surface area contributed by atoms with E-state index in [1.807, 2.05) is 334 Å². The second-order valence-electron chi connectivity index (χ2n) is 30.7. The van der Waals surface area contributed by atoms with Crippen LogP contribution in [0.2, 0.25) is 0 Å². The van der Waals surface area contributed by atoms with Gasteiger partial charge in [-0.25, -0.2) is 0 Å². The largest absolute Gasteiger partial charge is 0.394 e. The van der Waals surface area contributed by atoms with Gasteiger partial charge in [0.05, 0.1) is 99.1 Å². The number of aliphatic hydroxyl groups is 3. The topological polar surface area (TPSA) is 227 Å². The lowest BCUT2D eigenvalue weighted by Crippen LogP contribution is -2.67. The molecule has 21 heteroatoms. The molecular weight excluding hydrogens is 1550 g/mol. The van der Waals surface area contributed by atoms with E-state index in [-0.39, 0.29) is 85.9 Å². The van der Waals surface area contributed by atoms with E-state index in [0.717, 1.165) is 61.2 Å². The fourth-order valence-electron chi connectivity index (χ4n) is 15.6. The van der Waals surface area contributed by atoms with Crippen LogP contribution < -0.4 is 0 Å². The molecule has 0 saturated carbocycles. The molecule has 0 aliphatic carbocycles. The third-order valence-corrected chi connectivity index (χ3v) is 22.0. The molecule has 0 aromatic heterocycles. The molecule has 0 unspecified atom stereocenters. The molecule has 11 aromatic rings. The first-order valence-corrected chi connectivity index (χ1v) is 41.9. The molecule has 11 aromatic carbocycles. The zero-order chi connectivity index (χ0) is 83.1. The van der Waals surface area contributed by atoms with Crippen molar-refractivity contribution in [1.82, 2.24) is 0 Å². The van der Waals surface area contributed by atoms with Crippen molar-refractivity contribution in [3.8, 4) is 0 Å². The van der Waals surface area contributed by atoms with Gasteiger partial charge >= 0.3 is 0 Å². The third kappa shape index (κ3) is 25.0. The van der Waals surface area contributed by atoms with Crippen molar-refractivity contribution in [2.24, 2.45) is 0 Å². The summed E-state index contributed by atoms with van der Waals surface area (Å²) in [7, 11) is 0. The molecule has 20 atom stereocenters. The fraction of sp³-hybridized carbons (Fsp3) is 0.347. The van der Waals surface area contributed by atoms with Crippen molar-refractivity contribution in [3.05, 3.63) is 395 Å². The van der Waals surface area contributed by atoms with Crippen LogP contribution in [0.5, 0.6) is 0 Å². The van der Waals surface area contributed by atoms with Crippen LogP contribution in [0.25, 0.3) is 0 Å². The highest BCUT2D eigenvalue weighted by molar-refractivity contribution is 5.23. The molecule has 0 bridgehead atoms. The molecule has 638 valence electrons. The van der Waals surface area contributed by atoms with Gasteiger partial charge in [0, 0.05) is 0 Å². The Hall–Kier alpha value is -9.42. The summed E-state index contributed by atoms with van der Waals surface area (Å²) in [4.78, 5) is 0. The van der Waals surface area contributed by atoms with E-state index in [1.165, 1.54) is 0 Å². The average molecular weight is 1660 g/mol. The maximum absolute atomic E-state index is 13.9. The van der Waals surface area contributed by atoms with Crippen LogP contribution in [0, 0.1) is 0 Å². The van der Waals surface area contributed by atoms with Crippen molar-refractivity contribution >= 4 is 0 Å². The number of hydrogen-bond donors (Lipinski definition) is 3. The lowest BCUT2D eigenvalue weighted by atomic mass is 9.95. The summed E-state index contributed by atoms with van der Waals surface area (Å²) in [6, 6.07) is 107. The number of ether oxygens (including phenoxy) is 18. The summed E-state index contributed by atoms with van der Waals surface area (Å²) >= 11 is 0. The summed E-state index contributed by atoms with van der Waals surface area (Å²) in [5.41, 5.74) is 9.53. The molecule has 122 heavy (non-hydrogen) atoms. The molecule has 15 rings (SSSR count). The first kappa shape index (κ1) is 87.5. The predicted molar refractivity (Wildman–Crippen MR) is 453 cm³/mol. The Balaban J connectivity index is 0.828. The maximum Gasteiger partial charge on any atom is 0.187 e. The summed E-state index contributed by atoms with van der Waals surface area (Å²) in [6.45, 7) is -0.129. The van der Waals surface area contributed by atoms with Gasteiger partial charge in [0.25, 0.3) is 0 Å². The lowest BCUT2D eigenvalue weighted by molar-refractivity contribution is -0.383. The van der Waals surface area contributed by atoms with Gasteiger partial charge < -0.3 is 101 Å². The normalized spacial score (nSPS) is 26.6. The molecular formula is C101H108O21. The smallest absolute Gasteiger partial charge is 0.187 e. The van der Waals surface area contributed by atoms with Crippen LogP contribution in [0.15, 0.2) is 334 Å². The van der Waals surface area contributed by atoms with E-state index in [1.54, 1.807) is 0 Å². The van der Waals surface area contributed by atoms with E-state index >= 15 is 0 Å². The molecule has 4 fully saturated rings. The minimum atomic E-state index is -1.77. The van der Waals surface area contributed by atoms with Crippen LogP contribution in [0.4, 0.5) is 0 Å². The highest BCUT2D eigenvalue weighted by Crippen LogP contribution is 2.40. The van der Waals surface area contributed by atoms with Crippen molar-refractivity contribution in [3.63, 3.8) is 0 Å². The van der Waals surface area contributed by atoms with Crippen LogP contribution in [-0.4, -0.2) is 165 Å². The monoisotopic (exact) mass is 1660 g/mol. The highest BCUT2D eigenvalue weighted by Gasteiger charge is 2.57. The van der Waals surface area contributed by atoms with Gasteiger partial charge in [-0.2, -0.15) is 0 Å². The standard InChI is InChI=1S/C101H108O21/c102-56-82-87(106-58-72-36-14-2-15-37-72)93(111-63-77-46-24-7-25-47-77)96(114-66-80-52-30-10-31-53-80)100(119-82)117-70-85-88(107-59-73-38-16-3-17-39-73)91(86(103)99(120-85)116-69-84-90(109-61-75-42-20-5-21-43-75)92(110-62-76-44-22-6-23-45-76)95(98(104)118-84)113-65-79-50-28-9-29-51-79)122-101-97(115-67-81-54-32-11-33-55-81)94(112-64-78-48-26-8-27-49-78)89(108-60-74-40-18-4-19-41-74)83(121-101)68-105-57-71-34-12-1-13-35-71/h1-55,82-104H,56-70H2/t82-,83-,84-,85-,86-,87-,88-,89-,90-,91-,92+,93+,94+,95-,96-,97-,98+,99-,100-,101+/m1/s1. The van der Waals surface area contributed by atoms with Gasteiger partial charge in [0.2, 0.25) is 0 Å². The Morgan fingerprint density at radius 3 is 0.738 bits per heavy atom. The Bertz CT molecular complexity index is 4690. The van der Waals surface area contributed by atoms with Crippen LogP contribution in [0.3, 0.4) is 0 Å². The number of hydrogen-bond acceptors (Lipinski definition) is 21. The Kier molecular flexibility index (Phi) is 33.2. The minimum absolute atomic E-state index is 0.0236. The van der Waals surface area contributed by atoms with Crippen LogP contribution in [-0.2, 0) is 158 Å². The number of benzene rings is 11. The molecule has 4 aliphatic heterocycles. The summed E-state index contributed by atoms with van der Waals surface area (Å²) in [6.07, 6.45) is -24.1. The molecule has 4 heterocycles. The number of aliphatic hydroxyl groups excluding tert-OH is 3. The Morgan fingerprint density at radius 1 is 0.197 bits per heavy atom. The third-order valence-electron chi connectivity index (χ3n) is 22.0. The Morgan fingerprint density at radius 2 is 0.418 bits per heavy atom. The molecule has 4 saturated heterocycles. The SMILES string of the molecule is OC[C@H]1O[C@@H](OC[C@H]2O[C@@H](OC[C@H]3O[C@H](O)[C@H](OCc4ccccc4)[C@@H](OCc4ccccc4)[C@@H]3OCc3ccccc3)[C@H](O)[C@@H](O[C@@H]3O[C@H](COCc4ccccc4)[C@@H](OCc4ccccc4)[C@H](OCc4ccccc4)[C@H]3OCc3ccccc3)[C@@H]2OCc2ccccc2)[C@H](OCc2ccccc2)[C@@H](OCc2ccccc2)[C@@H]1OCc1ccccc1. The van der Waals surface area contributed by atoms with E-state index in [4.69, 9.17) is 85.3 Å². The average Bonchev–Trinajstić information content (AvgIpc) is 0.772. The van der Waals surface area contributed by atoms with Crippen molar-refractivity contribution in [2.75, 3.05) is 26.4 Å². The minimum Gasteiger partial charge on any atom is -0.394 e. The molecule has 4 aliphatic rings. The first-order chi connectivity index (χ1) is 60.3. The zero-order valence-corrected chi connectivity index (χ0v) is 68.1. The predicted octanol–water partition coefficient (Wildman–Crippen LogP) is 14.7. The number of rotatable bonds is 43. The quantitative estimate of drug-likeness (QED) is 0.0323. The Labute approximate surface area is 713 Å². The first-order valence-electron chi connectivity index (χ1n) is 41.9. The van der Waals surface area contributed by atoms with Crippen molar-refractivity contribution in [1.29, 1.82) is 0 Å². The van der Waals surface area contributed by atoms with E-state index < -0.39 is 136 Å². The molecule has 21 nitrogen and oxygen atoms in total.